The molecule has 4 heteroatoms. The van der Waals surface area contributed by atoms with Crippen molar-refractivity contribution in [1.29, 1.82) is 0 Å². The first-order valence-electron chi connectivity index (χ1n) is 14.6. The molecule has 2 aromatic rings. The summed E-state index contributed by atoms with van der Waals surface area (Å²) in [5.74, 6) is 0.916. The SMILES string of the molecule is CC(C)(C)CC(C)(C)CC(C)(C)CC(C)(C)c1ccc(OCCOCC[N+](C)(C)Cc2ccccc2)cc1.[Cl-]. The van der Waals surface area contributed by atoms with Gasteiger partial charge in [0.1, 0.15) is 25.4 Å². The Balaban J connectivity index is 0.00000760. The topological polar surface area (TPSA) is 18.5 Å². The van der Waals surface area contributed by atoms with Crippen molar-refractivity contribution >= 4 is 0 Å². The van der Waals surface area contributed by atoms with Crippen molar-refractivity contribution in [2.45, 2.75) is 93.5 Å². The molecule has 0 heterocycles. The second kappa shape index (κ2) is 14.4. The molecule has 0 amide bonds. The lowest BCUT2D eigenvalue weighted by atomic mass is 9.63. The highest BCUT2D eigenvalue weighted by atomic mass is 35.5. The summed E-state index contributed by atoms with van der Waals surface area (Å²) in [6, 6.07) is 19.4. The van der Waals surface area contributed by atoms with Crippen molar-refractivity contribution in [2.24, 2.45) is 16.2 Å². The van der Waals surface area contributed by atoms with Crippen LogP contribution >= 0.6 is 0 Å². The van der Waals surface area contributed by atoms with Crippen LogP contribution in [-0.4, -0.2) is 44.9 Å². The third-order valence-corrected chi connectivity index (χ3v) is 7.31. The Kier molecular flexibility index (Phi) is 13.1. The standard InChI is InChI=1S/C35H58NO2.ClH/c1-32(2,3)26-33(4,5)27-34(6,7)28-35(8,9)30-17-19-31(20-18-30)38-24-23-37-22-21-36(10,11)25-29-15-13-12-14-16-29;/h12-20H,21-28H2,1-11H3;1H/q+1;/p-1. The Bertz CT molecular complexity index is 956. The fourth-order valence-electron chi connectivity index (χ4n) is 6.95. The van der Waals surface area contributed by atoms with Crippen molar-refractivity contribution in [3.8, 4) is 5.75 Å². The lowest BCUT2D eigenvalue weighted by Gasteiger charge is -2.42. The van der Waals surface area contributed by atoms with Gasteiger partial charge in [-0.05, 0) is 58.6 Å². The molecule has 0 radical (unpaired) electrons. The van der Waals surface area contributed by atoms with Gasteiger partial charge in [-0.15, -0.1) is 0 Å². The summed E-state index contributed by atoms with van der Waals surface area (Å²) in [4.78, 5) is 0. The fraction of sp³-hybridized carbons (Fsp3) is 0.657. The second-order valence-electron chi connectivity index (χ2n) is 15.6. The van der Waals surface area contributed by atoms with E-state index in [4.69, 9.17) is 9.47 Å². The van der Waals surface area contributed by atoms with Crippen LogP contribution in [-0.2, 0) is 16.7 Å². The molecule has 0 aliphatic rings. The van der Waals surface area contributed by atoms with Crippen molar-refractivity contribution in [1.82, 2.24) is 0 Å². The maximum atomic E-state index is 5.98. The van der Waals surface area contributed by atoms with E-state index < -0.39 is 0 Å². The van der Waals surface area contributed by atoms with E-state index in [9.17, 15) is 0 Å². The molecule has 0 saturated carbocycles. The van der Waals surface area contributed by atoms with Crippen LogP contribution < -0.4 is 17.1 Å². The van der Waals surface area contributed by atoms with Crippen molar-refractivity contribution < 1.29 is 26.4 Å². The van der Waals surface area contributed by atoms with Gasteiger partial charge in [0.15, 0.2) is 0 Å². The van der Waals surface area contributed by atoms with E-state index in [1.807, 2.05) is 0 Å². The highest BCUT2D eigenvalue weighted by Crippen LogP contribution is 2.47. The molecular formula is C35H58ClNO2. The monoisotopic (exact) mass is 559 g/mol. The van der Waals surface area contributed by atoms with Gasteiger partial charge < -0.3 is 26.4 Å². The van der Waals surface area contributed by atoms with E-state index in [2.05, 4.69) is 131 Å². The minimum absolute atomic E-state index is 0. The lowest BCUT2D eigenvalue weighted by Crippen LogP contribution is -3.00. The van der Waals surface area contributed by atoms with Gasteiger partial charge >= 0.3 is 0 Å². The van der Waals surface area contributed by atoms with Crippen molar-refractivity contribution in [3.63, 3.8) is 0 Å². The zero-order chi connectivity index (χ0) is 28.7. The molecule has 0 aliphatic heterocycles. The van der Waals surface area contributed by atoms with E-state index in [0.717, 1.165) is 36.3 Å². The Hall–Kier alpha value is -1.55. The molecule has 0 fully saturated rings. The molecule has 0 aromatic heterocycles. The quantitative estimate of drug-likeness (QED) is 0.199. The predicted octanol–water partition coefficient (Wildman–Crippen LogP) is 5.91. The zero-order valence-corrected chi connectivity index (χ0v) is 27.8. The summed E-state index contributed by atoms with van der Waals surface area (Å²) < 4.78 is 12.8. The van der Waals surface area contributed by atoms with Crippen molar-refractivity contribution in [2.75, 3.05) is 40.5 Å². The van der Waals surface area contributed by atoms with Crippen LogP contribution in [0.15, 0.2) is 54.6 Å². The van der Waals surface area contributed by atoms with Crippen LogP contribution in [0.4, 0.5) is 0 Å². The summed E-state index contributed by atoms with van der Waals surface area (Å²) in [7, 11) is 4.51. The Morgan fingerprint density at radius 3 is 1.77 bits per heavy atom. The van der Waals surface area contributed by atoms with Crippen LogP contribution in [0.2, 0.25) is 0 Å². The van der Waals surface area contributed by atoms with Crippen molar-refractivity contribution in [3.05, 3.63) is 65.7 Å². The average molecular weight is 560 g/mol. The first-order valence-corrected chi connectivity index (χ1v) is 14.6. The summed E-state index contributed by atoms with van der Waals surface area (Å²) in [5.41, 5.74) is 3.79. The number of hydrogen-bond donors (Lipinski definition) is 0. The van der Waals surface area contributed by atoms with Crippen LogP contribution in [0.1, 0.15) is 92.7 Å². The fourth-order valence-corrected chi connectivity index (χ4v) is 6.95. The maximum absolute atomic E-state index is 5.98. The van der Waals surface area contributed by atoms with Gasteiger partial charge in [-0.2, -0.15) is 0 Å². The van der Waals surface area contributed by atoms with Crippen LogP contribution in [0, 0.1) is 16.2 Å². The number of quaternary nitrogens is 1. The number of rotatable bonds is 15. The summed E-state index contributed by atoms with van der Waals surface area (Å²) >= 11 is 0. The second-order valence-corrected chi connectivity index (χ2v) is 15.6. The molecule has 0 unspecified atom stereocenters. The number of hydrogen-bond acceptors (Lipinski definition) is 2. The molecule has 2 aromatic carbocycles. The molecule has 0 aliphatic carbocycles. The molecule has 39 heavy (non-hydrogen) atoms. The first kappa shape index (κ1) is 35.5. The Labute approximate surface area is 247 Å². The minimum atomic E-state index is 0. The molecule has 0 spiro atoms. The van der Waals surface area contributed by atoms with Crippen LogP contribution in [0.25, 0.3) is 0 Å². The highest BCUT2D eigenvalue weighted by Gasteiger charge is 2.36. The molecule has 222 valence electrons. The molecule has 0 N–H and O–H groups in total. The first-order chi connectivity index (χ1) is 17.4. The largest absolute Gasteiger partial charge is 1.00 e. The number of benzene rings is 2. The van der Waals surface area contributed by atoms with Gasteiger partial charge in [0, 0.05) is 5.56 Å². The summed E-state index contributed by atoms with van der Waals surface area (Å²) in [6.45, 7) is 25.5. The molecule has 0 atom stereocenters. The number of nitrogens with zero attached hydrogens (tertiary/aromatic N) is 1. The van der Waals surface area contributed by atoms with Crippen LogP contribution in [0.3, 0.4) is 0 Å². The zero-order valence-electron chi connectivity index (χ0n) is 27.0. The molecular weight excluding hydrogens is 502 g/mol. The Morgan fingerprint density at radius 1 is 0.641 bits per heavy atom. The van der Waals surface area contributed by atoms with E-state index in [-0.39, 0.29) is 23.2 Å². The number of likely N-dealkylation sites (N-methyl/N-ethyl adjacent to an activating group) is 1. The third-order valence-electron chi connectivity index (χ3n) is 7.31. The minimum Gasteiger partial charge on any atom is -1.00 e. The number of halogens is 1. The normalized spacial score (nSPS) is 13.2. The van der Waals surface area contributed by atoms with Gasteiger partial charge in [-0.1, -0.05) is 105 Å². The summed E-state index contributed by atoms with van der Waals surface area (Å²) in [6.07, 6.45) is 3.62. The van der Waals surface area contributed by atoms with Gasteiger partial charge in [-0.25, -0.2) is 0 Å². The lowest BCUT2D eigenvalue weighted by molar-refractivity contribution is -0.904. The van der Waals surface area contributed by atoms with E-state index in [1.54, 1.807) is 0 Å². The Morgan fingerprint density at radius 2 is 1.21 bits per heavy atom. The van der Waals surface area contributed by atoms with Crippen LogP contribution in [0.5, 0.6) is 5.75 Å². The molecule has 0 saturated heterocycles. The maximum Gasteiger partial charge on any atom is 0.119 e. The predicted molar refractivity (Wildman–Crippen MR) is 164 cm³/mol. The van der Waals surface area contributed by atoms with Gasteiger partial charge in [0.05, 0.1) is 27.3 Å². The molecule has 2 rings (SSSR count). The summed E-state index contributed by atoms with van der Waals surface area (Å²) in [5, 5.41) is 0. The molecule has 0 bridgehead atoms. The molecule has 3 nitrogen and oxygen atoms in total. The average Bonchev–Trinajstić information content (AvgIpc) is 2.73. The number of ether oxygens (including phenoxy) is 2. The van der Waals surface area contributed by atoms with E-state index in [1.165, 1.54) is 24.0 Å². The van der Waals surface area contributed by atoms with E-state index in [0.29, 0.717) is 24.0 Å². The van der Waals surface area contributed by atoms with Gasteiger partial charge in [-0.3, -0.25) is 0 Å². The third kappa shape index (κ3) is 14.1. The van der Waals surface area contributed by atoms with Gasteiger partial charge in [0.25, 0.3) is 0 Å². The van der Waals surface area contributed by atoms with Gasteiger partial charge in [0.2, 0.25) is 0 Å². The smallest absolute Gasteiger partial charge is 0.119 e. The highest BCUT2D eigenvalue weighted by molar-refractivity contribution is 5.32. The van der Waals surface area contributed by atoms with E-state index >= 15 is 0 Å².